The molecular formula is C7H20N2O3S. The summed E-state index contributed by atoms with van der Waals surface area (Å²) in [6.07, 6.45) is 2.71. The Morgan fingerprint density at radius 1 is 1.54 bits per heavy atom. The summed E-state index contributed by atoms with van der Waals surface area (Å²) in [6.45, 7) is 4.01. The van der Waals surface area contributed by atoms with Gasteiger partial charge in [0.1, 0.15) is 6.61 Å². The van der Waals surface area contributed by atoms with Crippen LogP contribution in [0, 0.1) is 0 Å². The van der Waals surface area contributed by atoms with Gasteiger partial charge in [0.15, 0.2) is 0 Å². The number of hydrogen-bond donors (Lipinski definition) is 4. The van der Waals surface area contributed by atoms with Gasteiger partial charge in [0.05, 0.1) is 16.6 Å². The predicted octanol–water partition coefficient (Wildman–Crippen LogP) is 1.34. The van der Waals surface area contributed by atoms with Crippen LogP contribution in [0.15, 0.2) is 11.9 Å². The molecule has 0 atom stereocenters. The molecule has 0 aliphatic heterocycles. The normalized spacial score (nSPS) is 12.9. The van der Waals surface area contributed by atoms with Gasteiger partial charge in [-0.3, -0.25) is 4.18 Å². The summed E-state index contributed by atoms with van der Waals surface area (Å²) in [6, 6.07) is 0. The Bertz CT molecular complexity index is 145. The van der Waals surface area contributed by atoms with E-state index in [4.69, 9.17) is 14.8 Å². The quantitative estimate of drug-likeness (QED) is 0.565. The first-order valence-corrected chi connectivity index (χ1v) is 5.83. The fourth-order valence-corrected chi connectivity index (χ4v) is 0.766. The minimum atomic E-state index is -2.89. The van der Waals surface area contributed by atoms with E-state index >= 15 is 0 Å². The van der Waals surface area contributed by atoms with E-state index in [9.17, 15) is 0 Å². The molecule has 82 valence electrons. The van der Waals surface area contributed by atoms with Crippen LogP contribution in [-0.4, -0.2) is 29.0 Å². The van der Waals surface area contributed by atoms with Crippen LogP contribution < -0.4 is 11.1 Å². The topological polar surface area (TPSA) is 87.7 Å². The maximum absolute atomic E-state index is 8.75. The Morgan fingerprint density at radius 3 is 2.31 bits per heavy atom. The second kappa shape index (κ2) is 8.18. The molecule has 13 heavy (non-hydrogen) atoms. The third kappa shape index (κ3) is 14.4. The summed E-state index contributed by atoms with van der Waals surface area (Å²) in [5, 5.41) is 2.68. The molecule has 0 aromatic rings. The summed E-state index contributed by atoms with van der Waals surface area (Å²) in [4.78, 5) is 0. The van der Waals surface area contributed by atoms with Crippen LogP contribution in [0.4, 0.5) is 0 Å². The van der Waals surface area contributed by atoms with Gasteiger partial charge < -0.3 is 20.2 Å². The summed E-state index contributed by atoms with van der Waals surface area (Å²) < 4.78 is 22.1. The van der Waals surface area contributed by atoms with Crippen LogP contribution in [0.25, 0.3) is 0 Å². The van der Waals surface area contributed by atoms with Gasteiger partial charge in [-0.1, -0.05) is 13.8 Å². The third-order valence-electron chi connectivity index (χ3n) is 0.779. The van der Waals surface area contributed by atoms with E-state index in [2.05, 4.69) is 9.50 Å². The second-order valence-corrected chi connectivity index (χ2v) is 3.79. The average molecular weight is 212 g/mol. The molecule has 0 unspecified atom stereocenters. The van der Waals surface area contributed by atoms with Crippen molar-refractivity contribution in [1.29, 1.82) is 0 Å². The van der Waals surface area contributed by atoms with Crippen molar-refractivity contribution in [2.24, 2.45) is 5.73 Å². The van der Waals surface area contributed by atoms with Crippen molar-refractivity contribution in [2.45, 2.75) is 13.8 Å². The summed E-state index contributed by atoms with van der Waals surface area (Å²) >= 11 is 0. The van der Waals surface area contributed by atoms with Crippen LogP contribution in [0.2, 0.25) is 0 Å². The minimum Gasteiger partial charge on any atom is -0.399 e. The van der Waals surface area contributed by atoms with Crippen molar-refractivity contribution in [3.8, 4) is 0 Å². The van der Waals surface area contributed by atoms with Crippen LogP contribution in [-0.2, 0) is 4.18 Å². The molecule has 0 aliphatic rings. The number of nitrogens with two attached hydrogens (primary N) is 1. The number of hydrogen-bond acceptors (Lipinski definition) is 5. The molecule has 6 heteroatoms. The van der Waals surface area contributed by atoms with Crippen molar-refractivity contribution in [3.63, 3.8) is 0 Å². The highest BCUT2D eigenvalue weighted by Crippen LogP contribution is 2.34. The van der Waals surface area contributed by atoms with Crippen LogP contribution in [0.1, 0.15) is 13.8 Å². The molecule has 5 nitrogen and oxygen atoms in total. The molecule has 0 heterocycles. The van der Waals surface area contributed by atoms with Crippen LogP contribution >= 0.6 is 10.9 Å². The fourth-order valence-electron chi connectivity index (χ4n) is 0.407. The zero-order valence-electron chi connectivity index (χ0n) is 8.57. The molecule has 0 bridgehead atoms. The van der Waals surface area contributed by atoms with Crippen molar-refractivity contribution >= 4 is 10.9 Å². The molecule has 0 amide bonds. The maximum atomic E-state index is 8.75. The van der Waals surface area contributed by atoms with E-state index in [1.165, 1.54) is 12.5 Å². The predicted molar refractivity (Wildman–Crippen MR) is 57.4 cm³/mol. The Hall–Kier alpha value is -0.430. The van der Waals surface area contributed by atoms with E-state index in [0.717, 1.165) is 0 Å². The van der Waals surface area contributed by atoms with Crippen molar-refractivity contribution in [2.75, 3.05) is 19.9 Å². The lowest BCUT2D eigenvalue weighted by Gasteiger charge is -2.20. The first kappa shape index (κ1) is 15.1. The zero-order chi connectivity index (χ0) is 10.9. The standard InChI is InChI=1S/C5H14N2O3S.C2H6/c1-7-3-5(6)4-10-11(2,8)9;1-2/h3,7-9H,4,6H2,1-2H3;1-2H3/b5-3-;. The largest absolute Gasteiger partial charge is 0.399 e. The lowest BCUT2D eigenvalue weighted by Crippen LogP contribution is -2.12. The molecule has 0 radical (unpaired) electrons. The molecular weight excluding hydrogens is 192 g/mol. The first-order chi connectivity index (χ1) is 5.95. The Kier molecular flexibility index (Phi) is 9.48. The summed E-state index contributed by atoms with van der Waals surface area (Å²) in [5.74, 6) is 0. The molecule has 0 saturated heterocycles. The molecule has 5 N–H and O–H groups in total. The van der Waals surface area contributed by atoms with Crippen molar-refractivity contribution in [3.05, 3.63) is 11.9 Å². The van der Waals surface area contributed by atoms with E-state index < -0.39 is 10.9 Å². The van der Waals surface area contributed by atoms with E-state index in [0.29, 0.717) is 5.70 Å². The minimum absolute atomic E-state index is 0.0136. The Morgan fingerprint density at radius 2 is 2.00 bits per heavy atom. The second-order valence-electron chi connectivity index (χ2n) is 2.03. The van der Waals surface area contributed by atoms with Gasteiger partial charge in [-0.15, -0.1) is 0 Å². The highest BCUT2D eigenvalue weighted by atomic mass is 32.3. The van der Waals surface area contributed by atoms with Gasteiger partial charge in [0.25, 0.3) is 0 Å². The van der Waals surface area contributed by atoms with Gasteiger partial charge in [0, 0.05) is 19.5 Å². The van der Waals surface area contributed by atoms with Gasteiger partial charge >= 0.3 is 0 Å². The van der Waals surface area contributed by atoms with Crippen molar-refractivity contribution < 1.29 is 13.3 Å². The monoisotopic (exact) mass is 212 g/mol. The zero-order valence-corrected chi connectivity index (χ0v) is 9.39. The van der Waals surface area contributed by atoms with Gasteiger partial charge in [-0.05, 0) is 0 Å². The maximum Gasteiger partial charge on any atom is 0.105 e. The molecule has 0 fully saturated rings. The van der Waals surface area contributed by atoms with Crippen molar-refractivity contribution in [1.82, 2.24) is 5.32 Å². The lowest BCUT2D eigenvalue weighted by atomic mass is 10.5. The SMILES string of the molecule is CC.CN/C=C(\N)COS(C)(O)O. The highest BCUT2D eigenvalue weighted by Gasteiger charge is 2.08. The Balaban J connectivity index is 0. The van der Waals surface area contributed by atoms with Crippen LogP contribution in [0.3, 0.4) is 0 Å². The molecule has 0 aliphatic carbocycles. The molecule has 0 aromatic heterocycles. The van der Waals surface area contributed by atoms with Gasteiger partial charge in [-0.2, -0.15) is 0 Å². The number of nitrogens with one attached hydrogen (secondary N) is 1. The van der Waals surface area contributed by atoms with E-state index in [-0.39, 0.29) is 6.61 Å². The number of rotatable bonds is 4. The molecule has 0 rings (SSSR count). The van der Waals surface area contributed by atoms with E-state index in [1.807, 2.05) is 13.8 Å². The van der Waals surface area contributed by atoms with Gasteiger partial charge in [-0.25, -0.2) is 0 Å². The highest BCUT2D eigenvalue weighted by molar-refractivity contribution is 8.19. The first-order valence-electron chi connectivity index (χ1n) is 3.95. The van der Waals surface area contributed by atoms with Crippen LogP contribution in [0.5, 0.6) is 0 Å². The lowest BCUT2D eigenvalue weighted by molar-refractivity contribution is 0.288. The smallest absolute Gasteiger partial charge is 0.105 e. The van der Waals surface area contributed by atoms with Gasteiger partial charge in [0.2, 0.25) is 0 Å². The third-order valence-corrected chi connectivity index (χ3v) is 1.34. The summed E-state index contributed by atoms with van der Waals surface area (Å²) in [5.41, 5.74) is 5.77. The summed E-state index contributed by atoms with van der Waals surface area (Å²) in [7, 11) is -1.19. The molecule has 0 aromatic carbocycles. The molecule has 0 spiro atoms. The fraction of sp³-hybridized carbons (Fsp3) is 0.714. The Labute approximate surface area is 81.5 Å². The van der Waals surface area contributed by atoms with E-state index in [1.54, 1.807) is 7.05 Å². The average Bonchev–Trinajstić information content (AvgIpc) is 2.04. The molecule has 0 saturated carbocycles.